The molecular weight excluding hydrogens is 324 g/mol. The molecule has 1 N–H and O–H groups in total. The predicted octanol–water partition coefficient (Wildman–Crippen LogP) is 3.69. The van der Waals surface area contributed by atoms with Gasteiger partial charge in [-0.3, -0.25) is 0 Å². The third-order valence-electron chi connectivity index (χ3n) is 4.29. The molecule has 0 saturated carbocycles. The molecule has 0 aromatic heterocycles. The highest BCUT2D eigenvalue weighted by atomic mass is 32.2. The van der Waals surface area contributed by atoms with Gasteiger partial charge in [0.2, 0.25) is 0 Å². The maximum absolute atomic E-state index is 12.8. The Kier molecular flexibility index (Phi) is 4.53. The fourth-order valence-corrected chi connectivity index (χ4v) is 4.88. The number of aliphatic carboxylic acids is 1. The Labute approximate surface area is 141 Å². The van der Waals surface area contributed by atoms with Gasteiger partial charge in [0.05, 0.1) is 15.7 Å². The van der Waals surface area contributed by atoms with Crippen LogP contribution in [0.1, 0.15) is 19.3 Å². The average molecular weight is 342 g/mol. The minimum atomic E-state index is -3.70. The maximum Gasteiger partial charge on any atom is 0.332 e. The monoisotopic (exact) mass is 342 g/mol. The summed E-state index contributed by atoms with van der Waals surface area (Å²) in [6.07, 6.45) is 3.18. The third kappa shape index (κ3) is 3.12. The van der Waals surface area contributed by atoms with Crippen molar-refractivity contribution >= 4 is 15.8 Å². The molecule has 1 atom stereocenters. The fraction of sp³-hybridized carbons (Fsp3) is 0.211. The minimum absolute atomic E-state index is 0.00612. The van der Waals surface area contributed by atoms with Crippen molar-refractivity contribution in [3.8, 4) is 11.1 Å². The van der Waals surface area contributed by atoms with E-state index < -0.39 is 21.1 Å². The molecule has 4 nitrogen and oxygen atoms in total. The van der Waals surface area contributed by atoms with Crippen molar-refractivity contribution in [1.29, 1.82) is 0 Å². The molecule has 0 fully saturated rings. The topological polar surface area (TPSA) is 71.4 Å². The lowest BCUT2D eigenvalue weighted by Crippen LogP contribution is -2.29. The van der Waals surface area contributed by atoms with E-state index in [1.165, 1.54) is 6.08 Å². The van der Waals surface area contributed by atoms with Crippen LogP contribution < -0.4 is 0 Å². The molecule has 0 aliphatic heterocycles. The van der Waals surface area contributed by atoms with E-state index in [2.05, 4.69) is 0 Å². The van der Waals surface area contributed by atoms with Gasteiger partial charge in [-0.2, -0.15) is 0 Å². The normalized spacial score (nSPS) is 18.0. The second-order valence-corrected chi connectivity index (χ2v) is 7.95. The van der Waals surface area contributed by atoms with Crippen LogP contribution in [0.15, 0.2) is 71.1 Å². The predicted molar refractivity (Wildman–Crippen MR) is 92.4 cm³/mol. The summed E-state index contributed by atoms with van der Waals surface area (Å²) >= 11 is 0. The van der Waals surface area contributed by atoms with Crippen LogP contribution in [-0.4, -0.2) is 24.7 Å². The molecule has 5 heteroatoms. The molecule has 3 rings (SSSR count). The Morgan fingerprint density at radius 1 is 0.958 bits per heavy atom. The zero-order chi connectivity index (χ0) is 17.2. The highest BCUT2D eigenvalue weighted by Gasteiger charge is 2.35. The maximum atomic E-state index is 12.8. The molecule has 1 aliphatic carbocycles. The van der Waals surface area contributed by atoms with Gasteiger partial charge >= 0.3 is 5.97 Å². The summed E-state index contributed by atoms with van der Waals surface area (Å²) in [5.41, 5.74) is 1.92. The summed E-state index contributed by atoms with van der Waals surface area (Å²) < 4.78 is 25.7. The Morgan fingerprint density at radius 2 is 1.58 bits per heavy atom. The van der Waals surface area contributed by atoms with E-state index >= 15 is 0 Å². The summed E-state index contributed by atoms with van der Waals surface area (Å²) in [5.74, 6) is -1.15. The molecule has 1 unspecified atom stereocenters. The van der Waals surface area contributed by atoms with Crippen LogP contribution >= 0.6 is 0 Å². The minimum Gasteiger partial charge on any atom is -0.478 e. The van der Waals surface area contributed by atoms with E-state index in [-0.39, 0.29) is 10.5 Å². The Morgan fingerprint density at radius 3 is 2.21 bits per heavy atom. The molecule has 0 heterocycles. The average Bonchev–Trinajstić information content (AvgIpc) is 2.62. The number of carbonyl (C=O) groups is 1. The number of rotatable bonds is 4. The van der Waals surface area contributed by atoms with Crippen molar-refractivity contribution < 1.29 is 18.3 Å². The largest absolute Gasteiger partial charge is 0.478 e. The molecule has 0 bridgehead atoms. The summed E-state index contributed by atoms with van der Waals surface area (Å²) in [4.78, 5) is 11.5. The number of carboxylic acid groups (broad SMARTS) is 1. The van der Waals surface area contributed by atoms with Gasteiger partial charge in [0.15, 0.2) is 9.84 Å². The van der Waals surface area contributed by atoms with E-state index in [0.717, 1.165) is 11.1 Å². The van der Waals surface area contributed by atoms with Crippen molar-refractivity contribution in [3.63, 3.8) is 0 Å². The van der Waals surface area contributed by atoms with Crippen molar-refractivity contribution in [2.75, 3.05) is 0 Å². The lowest BCUT2D eigenvalue weighted by molar-refractivity contribution is -0.132. The molecule has 24 heavy (non-hydrogen) atoms. The first-order valence-corrected chi connectivity index (χ1v) is 9.37. The van der Waals surface area contributed by atoms with Crippen LogP contribution in [-0.2, 0) is 14.6 Å². The first-order valence-electron chi connectivity index (χ1n) is 7.83. The summed E-state index contributed by atoms with van der Waals surface area (Å²) in [7, 11) is -3.70. The van der Waals surface area contributed by atoms with Crippen molar-refractivity contribution in [2.24, 2.45) is 0 Å². The molecule has 0 saturated heterocycles. The molecule has 0 spiro atoms. The summed E-state index contributed by atoms with van der Waals surface area (Å²) in [6.45, 7) is 0. The fourth-order valence-electron chi connectivity index (χ4n) is 3.03. The molecule has 0 amide bonds. The second-order valence-electron chi connectivity index (χ2n) is 5.82. The van der Waals surface area contributed by atoms with Gasteiger partial charge in [-0.05, 0) is 42.5 Å². The summed E-state index contributed by atoms with van der Waals surface area (Å²) in [6, 6.07) is 16.3. The number of hydrogen-bond donors (Lipinski definition) is 1. The molecule has 2 aromatic carbocycles. The van der Waals surface area contributed by atoms with E-state index in [0.29, 0.717) is 19.3 Å². The first kappa shape index (κ1) is 16.5. The lowest BCUT2D eigenvalue weighted by atomic mass is 9.99. The van der Waals surface area contributed by atoms with Crippen LogP contribution in [0.2, 0.25) is 0 Å². The zero-order valence-corrected chi connectivity index (χ0v) is 13.9. The zero-order valence-electron chi connectivity index (χ0n) is 13.1. The number of allylic oxidation sites excluding steroid dienone is 1. The highest BCUT2D eigenvalue weighted by molar-refractivity contribution is 7.92. The lowest BCUT2D eigenvalue weighted by Gasteiger charge is -2.22. The van der Waals surface area contributed by atoms with E-state index in [4.69, 9.17) is 0 Å². The van der Waals surface area contributed by atoms with Crippen LogP contribution in [0.25, 0.3) is 11.1 Å². The Hall–Kier alpha value is -2.40. The summed E-state index contributed by atoms with van der Waals surface area (Å²) in [5, 5.41) is 8.31. The van der Waals surface area contributed by atoms with E-state index in [1.54, 1.807) is 24.3 Å². The SMILES string of the molecule is O=C(O)C1=CCCCC1S(=O)(=O)c1ccc(-c2ccccc2)cc1. The van der Waals surface area contributed by atoms with Gasteiger partial charge in [0.1, 0.15) is 0 Å². The third-order valence-corrected chi connectivity index (χ3v) is 6.46. The molecule has 0 radical (unpaired) electrons. The second kappa shape index (κ2) is 6.61. The van der Waals surface area contributed by atoms with Crippen LogP contribution in [0, 0.1) is 0 Å². The molecule has 2 aromatic rings. The quantitative estimate of drug-likeness (QED) is 0.920. The highest BCUT2D eigenvalue weighted by Crippen LogP contribution is 2.31. The van der Waals surface area contributed by atoms with Crippen LogP contribution in [0.4, 0.5) is 0 Å². The van der Waals surface area contributed by atoms with E-state index in [1.807, 2.05) is 30.3 Å². The number of sulfone groups is 1. The number of hydrogen-bond acceptors (Lipinski definition) is 3. The van der Waals surface area contributed by atoms with Crippen LogP contribution in [0.3, 0.4) is 0 Å². The molecular formula is C19H18O4S. The number of carboxylic acids is 1. The Balaban J connectivity index is 1.94. The van der Waals surface area contributed by atoms with Gasteiger partial charge in [-0.1, -0.05) is 48.5 Å². The van der Waals surface area contributed by atoms with Gasteiger partial charge in [0, 0.05) is 0 Å². The van der Waals surface area contributed by atoms with Crippen LogP contribution in [0.5, 0.6) is 0 Å². The smallest absolute Gasteiger partial charge is 0.332 e. The molecule has 1 aliphatic rings. The van der Waals surface area contributed by atoms with Crippen molar-refractivity contribution in [3.05, 3.63) is 66.2 Å². The van der Waals surface area contributed by atoms with Gasteiger partial charge < -0.3 is 5.11 Å². The molecule has 124 valence electrons. The van der Waals surface area contributed by atoms with Crippen molar-refractivity contribution in [1.82, 2.24) is 0 Å². The van der Waals surface area contributed by atoms with Gasteiger partial charge in [-0.15, -0.1) is 0 Å². The van der Waals surface area contributed by atoms with Crippen molar-refractivity contribution in [2.45, 2.75) is 29.4 Å². The standard InChI is InChI=1S/C19H18O4S/c20-19(21)17-8-4-5-9-18(17)24(22,23)16-12-10-15(11-13-16)14-6-2-1-3-7-14/h1-3,6-8,10-13,18H,4-5,9H2,(H,20,21). The number of benzene rings is 2. The van der Waals surface area contributed by atoms with E-state index in [9.17, 15) is 18.3 Å². The van der Waals surface area contributed by atoms with Gasteiger partial charge in [-0.25, -0.2) is 13.2 Å². The Bertz CT molecular complexity index is 865. The first-order chi connectivity index (χ1) is 11.5. The van der Waals surface area contributed by atoms with Gasteiger partial charge in [0.25, 0.3) is 0 Å².